The van der Waals surface area contributed by atoms with E-state index in [1.807, 2.05) is 0 Å². The molecule has 0 saturated carbocycles. The molecule has 2 aromatic carbocycles. The Kier molecular flexibility index (Phi) is 6.49. The van der Waals surface area contributed by atoms with Gasteiger partial charge in [0.1, 0.15) is 11.4 Å². The number of carbonyl (C=O) groups is 4. The molecule has 3 amide bonds. The number of benzene rings is 2. The average molecular weight is 464 g/mol. The number of carbonyl (C=O) groups excluding carboxylic acids is 4. The molecule has 1 aliphatic heterocycles. The van der Waals surface area contributed by atoms with Crippen LogP contribution in [0.25, 0.3) is 0 Å². The lowest BCUT2D eigenvalue weighted by Crippen LogP contribution is -2.34. The second-order valence-corrected chi connectivity index (χ2v) is 7.12. The van der Waals surface area contributed by atoms with Gasteiger partial charge >= 0.3 is 5.97 Å². The summed E-state index contributed by atoms with van der Waals surface area (Å²) in [6.07, 6.45) is -1.69. The molecule has 1 unspecified atom stereocenters. The number of esters is 1. The standard InChI is InChI=1S/C20H15ClFN3O7/c1-10(18(27)23-14-6-5-11(22)9-13(14)21)32-16(26)7-8-24-19(28)12-3-2-4-15(25(30)31)17(12)20(24)29/h2-6,9-10H,7-8H2,1H3,(H,23,27). The van der Waals surface area contributed by atoms with E-state index < -0.39 is 52.6 Å². The first-order valence-corrected chi connectivity index (χ1v) is 9.57. The van der Waals surface area contributed by atoms with Crippen molar-refractivity contribution in [2.45, 2.75) is 19.4 Å². The van der Waals surface area contributed by atoms with E-state index in [0.717, 1.165) is 18.2 Å². The zero-order valence-electron chi connectivity index (χ0n) is 16.5. The molecular weight excluding hydrogens is 449 g/mol. The molecule has 3 rings (SSSR count). The summed E-state index contributed by atoms with van der Waals surface area (Å²) in [5, 5.41) is 13.5. The molecule has 0 radical (unpaired) electrons. The van der Waals surface area contributed by atoms with E-state index in [-0.39, 0.29) is 28.4 Å². The molecule has 32 heavy (non-hydrogen) atoms. The van der Waals surface area contributed by atoms with E-state index >= 15 is 0 Å². The highest BCUT2D eigenvalue weighted by atomic mass is 35.5. The molecule has 0 saturated heterocycles. The Morgan fingerprint density at radius 3 is 2.62 bits per heavy atom. The zero-order valence-corrected chi connectivity index (χ0v) is 17.2. The van der Waals surface area contributed by atoms with Crippen molar-refractivity contribution in [1.29, 1.82) is 0 Å². The van der Waals surface area contributed by atoms with E-state index in [1.165, 1.54) is 25.1 Å². The SMILES string of the molecule is CC(OC(=O)CCN1C(=O)c2cccc([N+](=O)[O-])c2C1=O)C(=O)Nc1ccc(F)cc1Cl. The predicted octanol–water partition coefficient (Wildman–Crippen LogP) is 2.94. The normalized spacial score (nSPS) is 13.5. The molecule has 166 valence electrons. The Bertz CT molecular complexity index is 1150. The van der Waals surface area contributed by atoms with Gasteiger partial charge in [-0.1, -0.05) is 17.7 Å². The molecule has 2 aromatic rings. The Labute approximate surface area is 185 Å². The topological polar surface area (TPSA) is 136 Å². The van der Waals surface area contributed by atoms with Crippen molar-refractivity contribution in [3.8, 4) is 0 Å². The Balaban J connectivity index is 1.58. The van der Waals surface area contributed by atoms with Crippen LogP contribution in [0.3, 0.4) is 0 Å². The Morgan fingerprint density at radius 2 is 1.97 bits per heavy atom. The van der Waals surface area contributed by atoms with Gasteiger partial charge in [-0.25, -0.2) is 4.39 Å². The van der Waals surface area contributed by atoms with Gasteiger partial charge in [-0.2, -0.15) is 0 Å². The summed E-state index contributed by atoms with van der Waals surface area (Å²) in [6, 6.07) is 7.01. The number of hydrogen-bond donors (Lipinski definition) is 1. The molecule has 1 aliphatic rings. The molecule has 1 atom stereocenters. The summed E-state index contributed by atoms with van der Waals surface area (Å²) in [6.45, 7) is 0.899. The molecule has 0 aliphatic carbocycles. The lowest BCUT2D eigenvalue weighted by atomic mass is 10.1. The molecule has 0 aromatic heterocycles. The highest BCUT2D eigenvalue weighted by Gasteiger charge is 2.40. The van der Waals surface area contributed by atoms with E-state index in [2.05, 4.69) is 5.32 Å². The lowest BCUT2D eigenvalue weighted by Gasteiger charge is -2.16. The van der Waals surface area contributed by atoms with Crippen molar-refractivity contribution in [3.05, 3.63) is 68.5 Å². The van der Waals surface area contributed by atoms with Crippen LogP contribution in [-0.2, 0) is 14.3 Å². The number of halogens is 2. The van der Waals surface area contributed by atoms with Gasteiger partial charge in [0.25, 0.3) is 23.4 Å². The minimum atomic E-state index is -1.26. The fourth-order valence-corrected chi connectivity index (χ4v) is 3.22. The second kappa shape index (κ2) is 9.10. The summed E-state index contributed by atoms with van der Waals surface area (Å²) < 4.78 is 18.1. The van der Waals surface area contributed by atoms with Crippen LogP contribution >= 0.6 is 11.6 Å². The van der Waals surface area contributed by atoms with Crippen molar-refractivity contribution in [3.63, 3.8) is 0 Å². The Hall–Kier alpha value is -3.86. The summed E-state index contributed by atoms with van der Waals surface area (Å²) in [5.41, 5.74) is -0.842. The molecular formula is C20H15ClFN3O7. The number of fused-ring (bicyclic) bond motifs is 1. The monoisotopic (exact) mass is 463 g/mol. The largest absolute Gasteiger partial charge is 0.452 e. The number of nitro groups is 1. The predicted molar refractivity (Wildman–Crippen MR) is 109 cm³/mol. The number of hydrogen-bond acceptors (Lipinski definition) is 7. The zero-order chi connectivity index (χ0) is 23.6. The van der Waals surface area contributed by atoms with E-state index in [9.17, 15) is 33.7 Å². The fraction of sp³-hybridized carbons (Fsp3) is 0.200. The third-order valence-corrected chi connectivity index (χ3v) is 4.89. The number of nitrogens with one attached hydrogen (secondary N) is 1. The number of anilines is 1. The van der Waals surface area contributed by atoms with E-state index in [1.54, 1.807) is 0 Å². The maximum atomic E-state index is 13.1. The quantitative estimate of drug-likeness (QED) is 0.288. The fourth-order valence-electron chi connectivity index (χ4n) is 3.01. The van der Waals surface area contributed by atoms with Crippen LogP contribution in [0.2, 0.25) is 5.02 Å². The molecule has 0 fully saturated rings. The minimum absolute atomic E-state index is 0.0448. The van der Waals surface area contributed by atoms with Crippen LogP contribution in [0.1, 0.15) is 34.1 Å². The average Bonchev–Trinajstić information content (AvgIpc) is 2.98. The van der Waals surface area contributed by atoms with Crippen molar-refractivity contribution >= 4 is 46.7 Å². The number of nitrogens with zero attached hydrogens (tertiary/aromatic N) is 2. The highest BCUT2D eigenvalue weighted by Crippen LogP contribution is 2.30. The number of amides is 3. The van der Waals surface area contributed by atoms with Crippen molar-refractivity contribution in [2.75, 3.05) is 11.9 Å². The first-order valence-electron chi connectivity index (χ1n) is 9.19. The first kappa shape index (κ1) is 22.8. The van der Waals surface area contributed by atoms with Crippen molar-refractivity contribution < 1.29 is 33.2 Å². The number of imide groups is 1. The smallest absolute Gasteiger partial charge is 0.308 e. The highest BCUT2D eigenvalue weighted by molar-refractivity contribution is 6.33. The lowest BCUT2D eigenvalue weighted by molar-refractivity contribution is -0.385. The van der Waals surface area contributed by atoms with Gasteiger partial charge in [0.2, 0.25) is 0 Å². The maximum absolute atomic E-state index is 13.1. The molecule has 0 spiro atoms. The van der Waals surface area contributed by atoms with Gasteiger partial charge in [-0.05, 0) is 31.2 Å². The van der Waals surface area contributed by atoms with Crippen LogP contribution in [0.4, 0.5) is 15.8 Å². The van der Waals surface area contributed by atoms with Crippen LogP contribution in [-0.4, -0.2) is 46.2 Å². The van der Waals surface area contributed by atoms with Gasteiger partial charge in [0.05, 0.1) is 27.6 Å². The summed E-state index contributed by atoms with van der Waals surface area (Å²) in [7, 11) is 0. The third-order valence-electron chi connectivity index (χ3n) is 4.58. The summed E-state index contributed by atoms with van der Waals surface area (Å²) in [5.74, 6) is -3.86. The molecule has 10 nitrogen and oxygen atoms in total. The maximum Gasteiger partial charge on any atom is 0.308 e. The van der Waals surface area contributed by atoms with Crippen molar-refractivity contribution in [1.82, 2.24) is 4.90 Å². The summed E-state index contributed by atoms with van der Waals surface area (Å²) in [4.78, 5) is 60.2. The third kappa shape index (κ3) is 4.57. The molecule has 1 heterocycles. The number of rotatable bonds is 7. The van der Waals surface area contributed by atoms with Crippen molar-refractivity contribution in [2.24, 2.45) is 0 Å². The van der Waals surface area contributed by atoms with Crippen LogP contribution in [0.5, 0.6) is 0 Å². The summed E-state index contributed by atoms with van der Waals surface area (Å²) >= 11 is 5.83. The number of ether oxygens (including phenoxy) is 1. The Morgan fingerprint density at radius 1 is 1.25 bits per heavy atom. The van der Waals surface area contributed by atoms with Gasteiger partial charge < -0.3 is 10.1 Å². The van der Waals surface area contributed by atoms with Gasteiger partial charge in [0, 0.05) is 12.6 Å². The molecule has 1 N–H and O–H groups in total. The number of nitro benzene ring substituents is 1. The first-order chi connectivity index (χ1) is 15.1. The van der Waals surface area contributed by atoms with Gasteiger partial charge in [-0.3, -0.25) is 34.2 Å². The van der Waals surface area contributed by atoms with Crippen LogP contribution in [0.15, 0.2) is 36.4 Å². The molecule has 0 bridgehead atoms. The minimum Gasteiger partial charge on any atom is -0.452 e. The van der Waals surface area contributed by atoms with E-state index in [4.69, 9.17) is 16.3 Å². The van der Waals surface area contributed by atoms with Gasteiger partial charge in [-0.15, -0.1) is 0 Å². The second-order valence-electron chi connectivity index (χ2n) is 6.71. The molecule has 12 heteroatoms. The van der Waals surface area contributed by atoms with E-state index in [0.29, 0.717) is 4.90 Å². The van der Waals surface area contributed by atoms with Crippen LogP contribution in [0, 0.1) is 15.9 Å². The van der Waals surface area contributed by atoms with Crippen LogP contribution < -0.4 is 5.32 Å². The van der Waals surface area contributed by atoms with Gasteiger partial charge in [0.15, 0.2) is 6.10 Å².